The Morgan fingerprint density at radius 2 is 1.14 bits per heavy atom. The molecule has 5 aliphatic rings. The van der Waals surface area contributed by atoms with E-state index < -0.39 is 0 Å². The molecule has 6 heteroatoms. The van der Waals surface area contributed by atoms with Gasteiger partial charge in [-0.05, 0) is 100 Å². The summed E-state index contributed by atoms with van der Waals surface area (Å²) in [4.78, 5) is 36.5. The van der Waals surface area contributed by atoms with Crippen molar-refractivity contribution in [1.29, 1.82) is 0 Å². The molecule has 0 aromatic heterocycles. The van der Waals surface area contributed by atoms with E-state index in [1.807, 2.05) is 11.9 Å². The van der Waals surface area contributed by atoms with Crippen LogP contribution in [0, 0.1) is 29.6 Å². The van der Waals surface area contributed by atoms with Crippen molar-refractivity contribution in [3.05, 3.63) is 24.4 Å². The van der Waals surface area contributed by atoms with E-state index >= 15 is 0 Å². The van der Waals surface area contributed by atoms with Crippen LogP contribution in [0.1, 0.15) is 131 Å². The fourth-order valence-corrected chi connectivity index (χ4v) is 5.84. The highest BCUT2D eigenvalue weighted by Crippen LogP contribution is 2.27. The maximum absolute atomic E-state index is 11.1. The van der Waals surface area contributed by atoms with Crippen LogP contribution in [0.5, 0.6) is 0 Å². The van der Waals surface area contributed by atoms with Crippen LogP contribution in [0.3, 0.4) is 0 Å². The number of Topliss-reactive ketones (excluding diaryl/α,β-unsaturated/α-hetero) is 1. The molecule has 3 saturated heterocycles. The molecule has 4 atom stereocenters. The van der Waals surface area contributed by atoms with Gasteiger partial charge in [0.25, 0.3) is 0 Å². The van der Waals surface area contributed by atoms with Crippen molar-refractivity contribution in [1.82, 2.24) is 15.1 Å². The van der Waals surface area contributed by atoms with Gasteiger partial charge in [-0.1, -0.05) is 53.3 Å². The number of hydrogen-bond donors (Lipinski definition) is 1. The van der Waals surface area contributed by atoms with Crippen molar-refractivity contribution >= 4 is 17.6 Å². The number of allylic oxidation sites excluding steroid dienone is 2. The van der Waals surface area contributed by atoms with Crippen LogP contribution in [0.2, 0.25) is 0 Å². The number of hydrogen-bond acceptors (Lipinski definition) is 4. The average Bonchev–Trinajstić information content (AvgIpc) is 3.16. The number of ketones is 1. The molecule has 3 heterocycles. The molecule has 2 amide bonds. The maximum Gasteiger partial charge on any atom is 0.222 e. The third-order valence-corrected chi connectivity index (χ3v) is 9.57. The number of nitrogens with zero attached hydrogens (tertiary/aromatic N) is 2. The van der Waals surface area contributed by atoms with Crippen LogP contribution in [-0.2, 0) is 14.4 Å². The Morgan fingerprint density at radius 3 is 1.65 bits per heavy atom. The zero-order valence-electron chi connectivity index (χ0n) is 29.1. The van der Waals surface area contributed by atoms with E-state index in [0.717, 1.165) is 100 Å². The molecule has 6 nitrogen and oxygen atoms in total. The number of carbonyl (C=O) groups is 3. The van der Waals surface area contributed by atoms with Gasteiger partial charge in [-0.3, -0.25) is 14.4 Å². The summed E-state index contributed by atoms with van der Waals surface area (Å²) in [6.45, 7) is 22.1. The van der Waals surface area contributed by atoms with Gasteiger partial charge in [0.1, 0.15) is 5.78 Å². The minimum Gasteiger partial charge on any atom is -0.378 e. The molecule has 0 aromatic rings. The van der Waals surface area contributed by atoms with E-state index in [9.17, 15) is 14.4 Å². The lowest BCUT2D eigenvalue weighted by Crippen LogP contribution is -2.28. The van der Waals surface area contributed by atoms with Gasteiger partial charge in [0.05, 0.1) is 0 Å². The summed E-state index contributed by atoms with van der Waals surface area (Å²) in [6.07, 6.45) is 16.3. The summed E-state index contributed by atoms with van der Waals surface area (Å²) >= 11 is 0. The molecule has 43 heavy (non-hydrogen) atoms. The molecule has 248 valence electrons. The highest BCUT2D eigenvalue weighted by atomic mass is 16.2. The number of amides is 2. The van der Waals surface area contributed by atoms with E-state index in [0.29, 0.717) is 11.7 Å². The summed E-state index contributed by atoms with van der Waals surface area (Å²) in [6, 6.07) is 0. The average molecular weight is 602 g/mol. The highest BCUT2D eigenvalue weighted by Gasteiger charge is 2.17. The van der Waals surface area contributed by atoms with Crippen molar-refractivity contribution in [3.8, 4) is 0 Å². The lowest BCUT2D eigenvalue weighted by Gasteiger charge is -2.30. The molecule has 2 aliphatic carbocycles. The molecule has 0 spiro atoms. The van der Waals surface area contributed by atoms with E-state index in [2.05, 4.69) is 65.0 Å². The minimum absolute atomic E-state index is 0.222. The van der Waals surface area contributed by atoms with E-state index in [4.69, 9.17) is 0 Å². The number of nitrogens with one attached hydrogen (secondary N) is 1. The Morgan fingerprint density at radius 1 is 0.605 bits per heavy atom. The van der Waals surface area contributed by atoms with Crippen LogP contribution < -0.4 is 5.32 Å². The first kappa shape index (κ1) is 38.9. The Bertz CT molecular complexity index is 859. The summed E-state index contributed by atoms with van der Waals surface area (Å²) in [5.41, 5.74) is 2.75. The van der Waals surface area contributed by atoms with E-state index in [1.165, 1.54) is 56.3 Å². The molecule has 0 unspecified atom stereocenters. The summed E-state index contributed by atoms with van der Waals surface area (Å²) in [5, 5.41) is 2.84. The Kier molecular flexibility index (Phi) is 19.5. The third kappa shape index (κ3) is 19.0. The molecular formula is C37H67N3O3. The Labute approximate surface area is 265 Å². The van der Waals surface area contributed by atoms with Crippen molar-refractivity contribution in [3.63, 3.8) is 0 Å². The first-order valence-electron chi connectivity index (χ1n) is 17.3. The summed E-state index contributed by atoms with van der Waals surface area (Å²) in [5.74, 6) is 5.03. The lowest BCUT2D eigenvalue weighted by atomic mass is 9.90. The quantitative estimate of drug-likeness (QED) is 0.284. The zero-order valence-corrected chi connectivity index (χ0v) is 29.1. The largest absolute Gasteiger partial charge is 0.378 e. The van der Waals surface area contributed by atoms with Crippen LogP contribution in [0.15, 0.2) is 24.4 Å². The molecule has 5 fully saturated rings. The number of likely N-dealkylation sites (tertiary alicyclic amines) is 2. The smallest absolute Gasteiger partial charge is 0.222 e. The Balaban J connectivity index is 0.000000270. The first-order valence-corrected chi connectivity index (χ1v) is 17.3. The van der Waals surface area contributed by atoms with Crippen LogP contribution in [-0.4, -0.2) is 61.1 Å². The molecule has 0 bridgehead atoms. The standard InChI is InChI=1S/C8H15NO.C8H15N.C7H13NO.C7H12O.C7H12/c1-7-3-4-8(10)9(2)6-5-7;1-7-4-5-8(2)9(3)6-7;1-6-2-3-7(9)8-5-4-6;1-6-2-4-7(8)5-3-6;1-6-3-4-7(2)5-6/h7H,3-6H2,1-2H3;7H,2,4-6H2,1,3H3;6H,2-5H2,1H3,(H,8,9);6H,2-5H2,1H3;7H,1,3-5H2,2H3/t2*7-;6-;;7-/m000.1/s1. The van der Waals surface area contributed by atoms with Gasteiger partial charge in [0.2, 0.25) is 11.8 Å². The summed E-state index contributed by atoms with van der Waals surface area (Å²) < 4.78 is 0. The van der Waals surface area contributed by atoms with Crippen LogP contribution in [0.4, 0.5) is 0 Å². The maximum atomic E-state index is 11.1. The van der Waals surface area contributed by atoms with Crippen LogP contribution in [0.25, 0.3) is 0 Å². The first-order chi connectivity index (χ1) is 20.3. The molecule has 0 aromatic carbocycles. The fraction of sp³-hybridized carbons (Fsp3) is 0.811. The monoisotopic (exact) mass is 602 g/mol. The predicted octanol–water partition coefficient (Wildman–Crippen LogP) is 8.18. The fourth-order valence-electron chi connectivity index (χ4n) is 5.84. The van der Waals surface area contributed by atoms with Gasteiger partial charge in [0.15, 0.2) is 0 Å². The second-order valence-electron chi connectivity index (χ2n) is 14.4. The second kappa shape index (κ2) is 21.6. The second-order valence-corrected chi connectivity index (χ2v) is 14.4. The molecule has 5 rings (SSSR count). The predicted molar refractivity (Wildman–Crippen MR) is 182 cm³/mol. The van der Waals surface area contributed by atoms with Gasteiger partial charge in [-0.25, -0.2) is 0 Å². The van der Waals surface area contributed by atoms with Crippen molar-refractivity contribution < 1.29 is 14.4 Å². The third-order valence-electron chi connectivity index (χ3n) is 9.57. The van der Waals surface area contributed by atoms with Gasteiger partial charge < -0.3 is 15.1 Å². The lowest BCUT2D eigenvalue weighted by molar-refractivity contribution is -0.129. The SMILES string of the molecule is C=C1CC[C@@H](C)C1.C=C1CC[C@H](C)CN1C.CC1CCC(=O)CC1.C[C@@H]1CCNC(=O)CC1.C[C@H]1CCC(=O)N(C)CC1. The molecule has 2 saturated carbocycles. The van der Waals surface area contributed by atoms with Crippen molar-refractivity contribution in [2.24, 2.45) is 29.6 Å². The van der Waals surface area contributed by atoms with E-state index in [-0.39, 0.29) is 5.91 Å². The normalized spacial score (nSPS) is 28.3. The number of rotatable bonds is 0. The van der Waals surface area contributed by atoms with Crippen molar-refractivity contribution in [2.45, 2.75) is 131 Å². The summed E-state index contributed by atoms with van der Waals surface area (Å²) in [7, 11) is 4.01. The van der Waals surface area contributed by atoms with Gasteiger partial charge in [-0.15, -0.1) is 0 Å². The highest BCUT2D eigenvalue weighted by molar-refractivity contribution is 5.79. The van der Waals surface area contributed by atoms with Gasteiger partial charge in [-0.2, -0.15) is 0 Å². The van der Waals surface area contributed by atoms with E-state index in [1.54, 1.807) is 0 Å². The molecular weight excluding hydrogens is 534 g/mol. The van der Waals surface area contributed by atoms with Crippen LogP contribution >= 0.6 is 0 Å². The molecule has 3 aliphatic heterocycles. The number of carbonyl (C=O) groups excluding carboxylic acids is 3. The molecule has 0 radical (unpaired) electrons. The Hall–Kier alpha value is -2.11. The molecule has 1 N–H and O–H groups in total. The van der Waals surface area contributed by atoms with Crippen molar-refractivity contribution in [2.75, 3.05) is 33.7 Å². The topological polar surface area (TPSA) is 69.7 Å². The van der Waals surface area contributed by atoms with Gasteiger partial charge in [0, 0.05) is 65.1 Å². The van der Waals surface area contributed by atoms with Gasteiger partial charge >= 0.3 is 0 Å². The zero-order chi connectivity index (χ0) is 32.4. The number of piperidine rings is 1. The minimum atomic E-state index is 0.222.